The lowest BCUT2D eigenvalue weighted by atomic mass is 10.2. The number of hydrogen-bond donors (Lipinski definition) is 2. The minimum absolute atomic E-state index is 0.266. The van der Waals surface area contributed by atoms with Gasteiger partial charge in [0.05, 0.1) is 5.52 Å². The number of rotatable bonds is 5. The zero-order valence-corrected chi connectivity index (χ0v) is 10.8. The topological polar surface area (TPSA) is 102 Å². The molecule has 0 spiro atoms. The largest absolute Gasteiger partial charge is 0.480 e. The van der Waals surface area contributed by atoms with Crippen LogP contribution in [0.1, 0.15) is 13.3 Å². The first-order valence-electron chi connectivity index (χ1n) is 6.13. The number of aliphatic carboxylic acids is 1. The first kappa shape index (κ1) is 13.9. The van der Waals surface area contributed by atoms with Crippen molar-refractivity contribution < 1.29 is 19.1 Å². The molecule has 1 aromatic carbocycles. The molecule has 2 rings (SSSR count). The molecule has 0 aliphatic heterocycles. The van der Waals surface area contributed by atoms with Crippen LogP contribution in [-0.2, 0) is 16.1 Å². The molecular weight excluding hydrogens is 264 g/mol. The summed E-state index contributed by atoms with van der Waals surface area (Å²) in [6.07, 6.45) is 0.266. The normalized spacial score (nSPS) is 12.2. The number of fused-ring (bicyclic) bond motifs is 1. The molecule has 7 nitrogen and oxygen atoms in total. The first-order valence-corrected chi connectivity index (χ1v) is 6.13. The lowest BCUT2D eigenvalue weighted by Gasteiger charge is -2.12. The molecule has 0 saturated heterocycles. The highest BCUT2D eigenvalue weighted by atomic mass is 16.4. The third-order valence-electron chi connectivity index (χ3n) is 2.92. The number of aromatic nitrogens is 1. The SMILES string of the molecule is CC[C@@H](NC(=O)Cn1c(=O)oc2ccccc21)C(=O)O. The molecule has 0 bridgehead atoms. The Morgan fingerprint density at radius 3 is 2.75 bits per heavy atom. The zero-order chi connectivity index (χ0) is 14.7. The highest BCUT2D eigenvalue weighted by molar-refractivity contribution is 5.84. The van der Waals surface area contributed by atoms with Gasteiger partial charge in [-0.05, 0) is 18.6 Å². The van der Waals surface area contributed by atoms with Gasteiger partial charge in [-0.1, -0.05) is 19.1 Å². The van der Waals surface area contributed by atoms with E-state index in [4.69, 9.17) is 9.52 Å². The van der Waals surface area contributed by atoms with Crippen LogP contribution in [0.15, 0.2) is 33.5 Å². The van der Waals surface area contributed by atoms with Gasteiger partial charge in [-0.15, -0.1) is 0 Å². The van der Waals surface area contributed by atoms with E-state index in [1.165, 1.54) is 4.57 Å². The monoisotopic (exact) mass is 278 g/mol. The van der Waals surface area contributed by atoms with Crippen molar-refractivity contribution in [3.8, 4) is 0 Å². The van der Waals surface area contributed by atoms with Gasteiger partial charge in [-0.2, -0.15) is 0 Å². The number of carbonyl (C=O) groups excluding carboxylic acids is 1. The molecule has 1 amide bonds. The number of hydrogen-bond acceptors (Lipinski definition) is 4. The summed E-state index contributed by atoms with van der Waals surface area (Å²) in [5, 5.41) is 11.2. The summed E-state index contributed by atoms with van der Waals surface area (Å²) >= 11 is 0. The third-order valence-corrected chi connectivity index (χ3v) is 2.92. The van der Waals surface area contributed by atoms with E-state index in [1.54, 1.807) is 31.2 Å². The van der Waals surface area contributed by atoms with Crippen LogP contribution in [0.25, 0.3) is 11.1 Å². The number of carboxylic acids is 1. The van der Waals surface area contributed by atoms with Crippen LogP contribution in [-0.4, -0.2) is 27.6 Å². The fourth-order valence-corrected chi connectivity index (χ4v) is 1.89. The lowest BCUT2D eigenvalue weighted by Crippen LogP contribution is -2.42. The molecule has 1 atom stereocenters. The van der Waals surface area contributed by atoms with Crippen LogP contribution in [0.5, 0.6) is 0 Å². The Morgan fingerprint density at radius 2 is 2.10 bits per heavy atom. The Bertz CT molecular complexity index is 700. The average Bonchev–Trinajstić information content (AvgIpc) is 2.72. The number of amides is 1. The number of para-hydroxylation sites is 2. The quantitative estimate of drug-likeness (QED) is 0.832. The van der Waals surface area contributed by atoms with Gasteiger partial charge in [-0.3, -0.25) is 9.36 Å². The summed E-state index contributed by atoms with van der Waals surface area (Å²) in [7, 11) is 0. The van der Waals surface area contributed by atoms with E-state index in [-0.39, 0.29) is 13.0 Å². The maximum absolute atomic E-state index is 11.8. The molecule has 106 valence electrons. The van der Waals surface area contributed by atoms with Crippen LogP contribution in [0, 0.1) is 0 Å². The lowest BCUT2D eigenvalue weighted by molar-refractivity contribution is -0.142. The Morgan fingerprint density at radius 1 is 1.40 bits per heavy atom. The standard InChI is InChI=1S/C13H14N2O5/c1-2-8(12(17)18)14-11(16)7-15-9-5-3-4-6-10(9)20-13(15)19/h3-6,8H,2,7H2,1H3,(H,14,16)(H,17,18)/t8-/m1/s1. The Labute approximate surface area is 113 Å². The fraction of sp³-hybridized carbons (Fsp3) is 0.308. The number of nitrogens with zero attached hydrogens (tertiary/aromatic N) is 1. The van der Waals surface area contributed by atoms with Gasteiger partial charge in [0.1, 0.15) is 12.6 Å². The summed E-state index contributed by atoms with van der Waals surface area (Å²) in [6.45, 7) is 1.37. The van der Waals surface area contributed by atoms with Gasteiger partial charge in [0.2, 0.25) is 5.91 Å². The molecule has 0 radical (unpaired) electrons. The smallest absolute Gasteiger partial charge is 0.420 e. The highest BCUT2D eigenvalue weighted by Crippen LogP contribution is 2.11. The molecule has 0 unspecified atom stereocenters. The van der Waals surface area contributed by atoms with Crippen molar-refractivity contribution in [3.63, 3.8) is 0 Å². The van der Waals surface area contributed by atoms with Crippen molar-refractivity contribution in [1.82, 2.24) is 9.88 Å². The maximum atomic E-state index is 11.8. The predicted molar refractivity (Wildman–Crippen MR) is 70.3 cm³/mol. The van der Waals surface area contributed by atoms with Gasteiger partial charge < -0.3 is 14.8 Å². The van der Waals surface area contributed by atoms with Gasteiger partial charge >= 0.3 is 11.7 Å². The van der Waals surface area contributed by atoms with Crippen molar-refractivity contribution >= 4 is 23.0 Å². The van der Waals surface area contributed by atoms with Crippen LogP contribution in [0.3, 0.4) is 0 Å². The van der Waals surface area contributed by atoms with E-state index in [0.717, 1.165) is 0 Å². The van der Waals surface area contributed by atoms with E-state index in [0.29, 0.717) is 11.1 Å². The van der Waals surface area contributed by atoms with Crippen LogP contribution >= 0.6 is 0 Å². The van der Waals surface area contributed by atoms with Gasteiger partial charge in [0.15, 0.2) is 5.58 Å². The van der Waals surface area contributed by atoms with Crippen molar-refractivity contribution in [2.24, 2.45) is 0 Å². The Balaban J connectivity index is 2.20. The van der Waals surface area contributed by atoms with Crippen molar-refractivity contribution in [2.75, 3.05) is 0 Å². The molecule has 20 heavy (non-hydrogen) atoms. The highest BCUT2D eigenvalue weighted by Gasteiger charge is 2.19. The molecular formula is C13H14N2O5. The number of benzene rings is 1. The molecule has 2 aromatic rings. The molecule has 0 fully saturated rings. The van der Waals surface area contributed by atoms with E-state index in [2.05, 4.69) is 5.32 Å². The molecule has 0 aliphatic carbocycles. The summed E-state index contributed by atoms with van der Waals surface area (Å²) in [4.78, 5) is 34.3. The summed E-state index contributed by atoms with van der Waals surface area (Å²) in [6, 6.07) is 5.75. The molecule has 1 heterocycles. The zero-order valence-electron chi connectivity index (χ0n) is 10.8. The average molecular weight is 278 g/mol. The molecule has 0 saturated carbocycles. The minimum Gasteiger partial charge on any atom is -0.480 e. The van der Waals surface area contributed by atoms with Crippen molar-refractivity contribution in [2.45, 2.75) is 25.9 Å². The van der Waals surface area contributed by atoms with E-state index >= 15 is 0 Å². The summed E-state index contributed by atoms with van der Waals surface area (Å²) < 4.78 is 6.16. The van der Waals surface area contributed by atoms with Crippen molar-refractivity contribution in [1.29, 1.82) is 0 Å². The van der Waals surface area contributed by atoms with E-state index in [1.807, 2.05) is 0 Å². The Hall–Kier alpha value is -2.57. The van der Waals surface area contributed by atoms with Crippen LogP contribution in [0.4, 0.5) is 0 Å². The number of oxazole rings is 1. The summed E-state index contributed by atoms with van der Waals surface area (Å²) in [5.74, 6) is -2.30. The second kappa shape index (κ2) is 5.60. The number of nitrogens with one attached hydrogen (secondary N) is 1. The fourth-order valence-electron chi connectivity index (χ4n) is 1.89. The van der Waals surface area contributed by atoms with Gasteiger partial charge in [0, 0.05) is 0 Å². The first-order chi connectivity index (χ1) is 9.52. The number of carbonyl (C=O) groups is 2. The molecule has 0 aliphatic rings. The van der Waals surface area contributed by atoms with Gasteiger partial charge in [0.25, 0.3) is 0 Å². The van der Waals surface area contributed by atoms with Crippen molar-refractivity contribution in [3.05, 3.63) is 34.8 Å². The predicted octanol–water partition coefficient (Wildman–Crippen LogP) is 0.574. The summed E-state index contributed by atoms with van der Waals surface area (Å²) in [5.41, 5.74) is 0.881. The van der Waals surface area contributed by atoms with Gasteiger partial charge in [-0.25, -0.2) is 9.59 Å². The third kappa shape index (κ3) is 2.71. The Kier molecular flexibility index (Phi) is 3.88. The molecule has 2 N–H and O–H groups in total. The minimum atomic E-state index is -1.11. The maximum Gasteiger partial charge on any atom is 0.420 e. The van der Waals surface area contributed by atoms with E-state index in [9.17, 15) is 14.4 Å². The van der Waals surface area contributed by atoms with Crippen LogP contribution < -0.4 is 11.1 Å². The van der Waals surface area contributed by atoms with Crippen LogP contribution in [0.2, 0.25) is 0 Å². The molecule has 7 heteroatoms. The molecule has 1 aromatic heterocycles. The second-order valence-electron chi connectivity index (χ2n) is 4.29. The number of carboxylic acid groups (broad SMARTS) is 1. The van der Waals surface area contributed by atoms with E-state index < -0.39 is 23.7 Å². The second-order valence-corrected chi connectivity index (χ2v) is 4.29.